The molecule has 0 unspecified atom stereocenters. The topological polar surface area (TPSA) is 83.6 Å². The maximum absolute atomic E-state index is 12.3. The Hall–Kier alpha value is -2.31. The summed E-state index contributed by atoms with van der Waals surface area (Å²) in [6.07, 6.45) is 3.35. The number of methoxy groups -OCH3 is 1. The van der Waals surface area contributed by atoms with Gasteiger partial charge in [-0.1, -0.05) is 0 Å². The van der Waals surface area contributed by atoms with Gasteiger partial charge in [0.1, 0.15) is 5.69 Å². The minimum Gasteiger partial charge on any atom is -0.480 e. The van der Waals surface area contributed by atoms with Crippen molar-refractivity contribution in [2.45, 2.75) is 25.8 Å². The summed E-state index contributed by atoms with van der Waals surface area (Å²) in [5, 5.41) is 5.65. The minimum absolute atomic E-state index is 0.0118. The summed E-state index contributed by atoms with van der Waals surface area (Å²) in [6.45, 7) is 2.66. The van der Waals surface area contributed by atoms with E-state index >= 15 is 0 Å². The maximum atomic E-state index is 12.3. The van der Waals surface area contributed by atoms with E-state index in [1.165, 1.54) is 14.0 Å². The number of nitrogens with zero attached hydrogens (tertiary/aromatic N) is 2. The summed E-state index contributed by atoms with van der Waals surface area (Å²) < 4.78 is 5.11. The van der Waals surface area contributed by atoms with Crippen LogP contribution in [0.1, 0.15) is 19.8 Å². The molecule has 0 bridgehead atoms. The Balaban J connectivity index is 1.98. The Labute approximate surface area is 123 Å². The maximum Gasteiger partial charge on any atom is 0.322 e. The first-order valence-electron chi connectivity index (χ1n) is 6.92. The summed E-state index contributed by atoms with van der Waals surface area (Å²) >= 11 is 0. The van der Waals surface area contributed by atoms with Crippen molar-refractivity contribution < 1.29 is 14.3 Å². The number of ether oxygens (including phenoxy) is 1. The van der Waals surface area contributed by atoms with Crippen LogP contribution in [-0.2, 0) is 4.79 Å². The third-order valence-corrected chi connectivity index (χ3v) is 3.32. The first kappa shape index (κ1) is 15.1. The molecule has 114 valence electrons. The second-order valence-electron chi connectivity index (χ2n) is 4.98. The molecule has 21 heavy (non-hydrogen) atoms. The number of rotatable bonds is 3. The summed E-state index contributed by atoms with van der Waals surface area (Å²) in [7, 11) is 1.51. The first-order chi connectivity index (χ1) is 10.1. The molecule has 7 nitrogen and oxygen atoms in total. The lowest BCUT2D eigenvalue weighted by atomic mass is 10.1. The van der Waals surface area contributed by atoms with Crippen LogP contribution in [-0.4, -0.2) is 48.1 Å². The third-order valence-electron chi connectivity index (χ3n) is 3.32. The fourth-order valence-corrected chi connectivity index (χ4v) is 2.41. The molecule has 1 atom stereocenters. The molecule has 7 heteroatoms. The van der Waals surface area contributed by atoms with Crippen LogP contribution in [0, 0.1) is 0 Å². The second kappa shape index (κ2) is 6.92. The lowest BCUT2D eigenvalue weighted by Gasteiger charge is -2.33. The second-order valence-corrected chi connectivity index (χ2v) is 4.98. The van der Waals surface area contributed by atoms with Gasteiger partial charge in [0.05, 0.1) is 7.11 Å². The zero-order valence-corrected chi connectivity index (χ0v) is 12.3. The molecule has 2 heterocycles. The predicted octanol–water partition coefficient (Wildman–Crippen LogP) is 1.22. The molecule has 0 saturated carbocycles. The highest BCUT2D eigenvalue weighted by Gasteiger charge is 2.24. The molecule has 1 aliphatic heterocycles. The average molecular weight is 292 g/mol. The van der Waals surface area contributed by atoms with Gasteiger partial charge in [0.15, 0.2) is 0 Å². The molecular formula is C14H20N4O3. The van der Waals surface area contributed by atoms with Crippen molar-refractivity contribution >= 4 is 17.6 Å². The lowest BCUT2D eigenvalue weighted by molar-refractivity contribution is -0.119. The summed E-state index contributed by atoms with van der Waals surface area (Å²) in [4.78, 5) is 29.1. The summed E-state index contributed by atoms with van der Waals surface area (Å²) in [5.74, 6) is 0.303. The molecule has 0 aliphatic carbocycles. The summed E-state index contributed by atoms with van der Waals surface area (Å²) in [5.41, 5.74) is 0.534. The monoisotopic (exact) mass is 292 g/mol. The fraction of sp³-hybridized carbons (Fsp3) is 0.500. The van der Waals surface area contributed by atoms with Gasteiger partial charge in [-0.15, -0.1) is 0 Å². The number of likely N-dealkylation sites (tertiary alicyclic amines) is 1. The first-order valence-corrected chi connectivity index (χ1v) is 6.92. The molecule has 2 rings (SSSR count). The van der Waals surface area contributed by atoms with Gasteiger partial charge in [-0.25, -0.2) is 9.78 Å². The average Bonchev–Trinajstić information content (AvgIpc) is 2.47. The standard InChI is InChI=1S/C14H20N4O3/c1-10(19)16-11-5-4-8-18(9-11)14(20)17-12-6-3-7-15-13(12)21-2/h3,6-7,11H,4-5,8-9H2,1-2H3,(H,16,19)(H,17,20)/t11-/m0/s1. The Bertz CT molecular complexity index is 521. The number of piperidine rings is 1. The molecular weight excluding hydrogens is 272 g/mol. The highest BCUT2D eigenvalue weighted by Crippen LogP contribution is 2.21. The SMILES string of the molecule is COc1ncccc1NC(=O)N1CCC[C@H](NC(C)=O)C1. The number of carbonyl (C=O) groups is 2. The highest BCUT2D eigenvalue weighted by atomic mass is 16.5. The van der Waals surface area contributed by atoms with Gasteiger partial charge in [-0.2, -0.15) is 0 Å². The van der Waals surface area contributed by atoms with Gasteiger partial charge in [0, 0.05) is 32.3 Å². The number of nitrogens with one attached hydrogen (secondary N) is 2. The van der Waals surface area contributed by atoms with E-state index < -0.39 is 0 Å². The number of hydrogen-bond donors (Lipinski definition) is 2. The van der Waals surface area contributed by atoms with Crippen molar-refractivity contribution in [1.29, 1.82) is 0 Å². The third kappa shape index (κ3) is 4.08. The van der Waals surface area contributed by atoms with Crippen LogP contribution in [0.25, 0.3) is 0 Å². The number of urea groups is 1. The normalized spacial score (nSPS) is 18.0. The molecule has 1 aromatic heterocycles. The molecule has 2 N–H and O–H groups in total. The summed E-state index contributed by atoms with van der Waals surface area (Å²) in [6, 6.07) is 3.27. The van der Waals surface area contributed by atoms with E-state index in [1.54, 1.807) is 23.2 Å². The smallest absolute Gasteiger partial charge is 0.322 e. The van der Waals surface area contributed by atoms with E-state index in [9.17, 15) is 9.59 Å². The van der Waals surface area contributed by atoms with E-state index in [0.717, 1.165) is 12.8 Å². The van der Waals surface area contributed by atoms with Gasteiger partial charge in [0.25, 0.3) is 0 Å². The number of amides is 3. The minimum atomic E-state index is -0.212. The Morgan fingerprint density at radius 3 is 3.00 bits per heavy atom. The number of hydrogen-bond acceptors (Lipinski definition) is 4. The van der Waals surface area contributed by atoms with Crippen molar-refractivity contribution in [3.63, 3.8) is 0 Å². The number of pyridine rings is 1. The van der Waals surface area contributed by atoms with Gasteiger partial charge in [0.2, 0.25) is 11.8 Å². The van der Waals surface area contributed by atoms with Gasteiger partial charge < -0.3 is 20.3 Å². The quantitative estimate of drug-likeness (QED) is 0.877. The van der Waals surface area contributed by atoms with Crippen LogP contribution in [0.5, 0.6) is 5.88 Å². The Morgan fingerprint density at radius 1 is 1.48 bits per heavy atom. The van der Waals surface area contributed by atoms with Gasteiger partial charge in [-0.05, 0) is 25.0 Å². The Kier molecular flexibility index (Phi) is 4.97. The lowest BCUT2D eigenvalue weighted by Crippen LogP contribution is -2.50. The van der Waals surface area contributed by atoms with Crippen LogP contribution in [0.3, 0.4) is 0 Å². The molecule has 1 aromatic rings. The van der Waals surface area contributed by atoms with Crippen molar-refractivity contribution in [3.8, 4) is 5.88 Å². The fourth-order valence-electron chi connectivity index (χ4n) is 2.41. The van der Waals surface area contributed by atoms with Crippen LogP contribution in [0.4, 0.5) is 10.5 Å². The van der Waals surface area contributed by atoms with E-state index in [4.69, 9.17) is 4.74 Å². The van der Waals surface area contributed by atoms with E-state index in [2.05, 4.69) is 15.6 Å². The number of carbonyl (C=O) groups excluding carboxylic acids is 2. The Morgan fingerprint density at radius 2 is 2.29 bits per heavy atom. The number of anilines is 1. The zero-order chi connectivity index (χ0) is 15.2. The van der Waals surface area contributed by atoms with Crippen LogP contribution >= 0.6 is 0 Å². The molecule has 0 radical (unpaired) electrons. The zero-order valence-electron chi connectivity index (χ0n) is 12.3. The van der Waals surface area contributed by atoms with Crippen LogP contribution in [0.15, 0.2) is 18.3 Å². The highest BCUT2D eigenvalue weighted by molar-refractivity contribution is 5.90. The van der Waals surface area contributed by atoms with Crippen molar-refractivity contribution in [2.75, 3.05) is 25.5 Å². The van der Waals surface area contributed by atoms with Crippen molar-refractivity contribution in [3.05, 3.63) is 18.3 Å². The van der Waals surface area contributed by atoms with Crippen molar-refractivity contribution in [2.24, 2.45) is 0 Å². The molecule has 3 amide bonds. The van der Waals surface area contributed by atoms with E-state index in [1.807, 2.05) is 0 Å². The van der Waals surface area contributed by atoms with Crippen molar-refractivity contribution in [1.82, 2.24) is 15.2 Å². The number of aromatic nitrogens is 1. The molecule has 1 fully saturated rings. The molecule has 1 aliphatic rings. The predicted molar refractivity (Wildman–Crippen MR) is 78.2 cm³/mol. The largest absolute Gasteiger partial charge is 0.480 e. The molecule has 0 aromatic carbocycles. The van der Waals surface area contributed by atoms with E-state index in [0.29, 0.717) is 24.7 Å². The van der Waals surface area contributed by atoms with Crippen LogP contribution < -0.4 is 15.4 Å². The molecule has 0 spiro atoms. The molecule has 1 saturated heterocycles. The van der Waals surface area contributed by atoms with Gasteiger partial charge >= 0.3 is 6.03 Å². The van der Waals surface area contributed by atoms with Gasteiger partial charge in [-0.3, -0.25) is 4.79 Å². The van der Waals surface area contributed by atoms with Crippen LogP contribution in [0.2, 0.25) is 0 Å². The van der Waals surface area contributed by atoms with E-state index in [-0.39, 0.29) is 18.0 Å².